The van der Waals surface area contributed by atoms with Crippen LogP contribution in [0, 0.1) is 5.92 Å². The molecular weight excluding hydrogens is 290 g/mol. The molecule has 1 saturated heterocycles. The van der Waals surface area contributed by atoms with Crippen LogP contribution in [0.1, 0.15) is 56.1 Å². The minimum absolute atomic E-state index is 0.154. The molecule has 2 rings (SSSR count). The van der Waals surface area contributed by atoms with Crippen LogP contribution in [0.3, 0.4) is 0 Å². The summed E-state index contributed by atoms with van der Waals surface area (Å²) in [7, 11) is 0. The van der Waals surface area contributed by atoms with Gasteiger partial charge < -0.3 is 14.8 Å². The first-order chi connectivity index (χ1) is 11.0. The zero-order chi connectivity index (χ0) is 17.0. The van der Waals surface area contributed by atoms with E-state index in [-0.39, 0.29) is 22.9 Å². The summed E-state index contributed by atoms with van der Waals surface area (Å²) in [5, 5.41) is 0. The van der Waals surface area contributed by atoms with Gasteiger partial charge in [0, 0.05) is 25.3 Å². The van der Waals surface area contributed by atoms with Crippen LogP contribution in [0.2, 0.25) is 0 Å². The van der Waals surface area contributed by atoms with Crippen molar-refractivity contribution in [2.75, 3.05) is 32.7 Å². The molecule has 23 heavy (non-hydrogen) atoms. The maximum Gasteiger partial charge on any atom is 0.261 e. The predicted octanol–water partition coefficient (Wildman–Crippen LogP) is 2.30. The van der Waals surface area contributed by atoms with Crippen LogP contribution in [0.4, 0.5) is 0 Å². The average Bonchev–Trinajstić information content (AvgIpc) is 2.99. The molecule has 1 amide bonds. The molecule has 1 atom stereocenters. The summed E-state index contributed by atoms with van der Waals surface area (Å²) in [4.78, 5) is 32.0. The average molecular weight is 319 g/mol. The topological polar surface area (TPSA) is 56.4 Å². The van der Waals surface area contributed by atoms with Crippen molar-refractivity contribution >= 4 is 5.91 Å². The molecule has 5 heteroatoms. The lowest BCUT2D eigenvalue weighted by atomic mass is 10.1. The molecule has 1 aromatic heterocycles. The van der Waals surface area contributed by atoms with Crippen molar-refractivity contribution in [3.63, 3.8) is 0 Å². The fraction of sp³-hybridized carbons (Fsp3) is 0.667. The van der Waals surface area contributed by atoms with Crippen molar-refractivity contribution in [1.82, 2.24) is 14.8 Å². The van der Waals surface area contributed by atoms with Crippen molar-refractivity contribution in [2.45, 2.75) is 40.0 Å². The molecule has 5 nitrogen and oxygen atoms in total. The standard InChI is InChI=1S/C18H29N3O2/c1-5-20-10-9-14(11-20)12-21(6-2)18(23)15-7-8-16(13(3)4)19-17(15)22/h7-8,13-14H,5-6,9-12H2,1-4H3,(H,19,22). The highest BCUT2D eigenvalue weighted by Crippen LogP contribution is 2.18. The molecule has 0 aromatic carbocycles. The van der Waals surface area contributed by atoms with Crippen molar-refractivity contribution in [1.29, 1.82) is 0 Å². The van der Waals surface area contributed by atoms with E-state index in [2.05, 4.69) is 16.8 Å². The number of aromatic amines is 1. The Hall–Kier alpha value is -1.62. The van der Waals surface area contributed by atoms with Crippen molar-refractivity contribution in [3.8, 4) is 0 Å². The first-order valence-electron chi connectivity index (χ1n) is 8.71. The van der Waals surface area contributed by atoms with Crippen molar-refractivity contribution in [2.24, 2.45) is 5.92 Å². The van der Waals surface area contributed by atoms with Crippen LogP contribution < -0.4 is 5.56 Å². The van der Waals surface area contributed by atoms with Crippen molar-refractivity contribution in [3.05, 3.63) is 33.7 Å². The molecule has 0 radical (unpaired) electrons. The molecule has 0 saturated carbocycles. The number of hydrogen-bond donors (Lipinski definition) is 1. The van der Waals surface area contributed by atoms with E-state index in [9.17, 15) is 9.59 Å². The lowest BCUT2D eigenvalue weighted by Crippen LogP contribution is -2.38. The zero-order valence-electron chi connectivity index (χ0n) is 14.8. The predicted molar refractivity (Wildman–Crippen MR) is 93.0 cm³/mol. The van der Waals surface area contributed by atoms with E-state index >= 15 is 0 Å². The molecule has 1 N–H and O–H groups in total. The van der Waals surface area contributed by atoms with Gasteiger partial charge in [-0.2, -0.15) is 0 Å². The first kappa shape index (κ1) is 17.7. The molecule has 0 spiro atoms. The van der Waals surface area contributed by atoms with E-state index in [1.807, 2.05) is 31.7 Å². The van der Waals surface area contributed by atoms with Gasteiger partial charge in [-0.15, -0.1) is 0 Å². The SMILES string of the molecule is CCN1CCC(CN(CC)C(=O)c2ccc(C(C)C)[nH]c2=O)C1. The number of H-pyrrole nitrogens is 1. The molecule has 1 unspecified atom stereocenters. The number of aromatic nitrogens is 1. The smallest absolute Gasteiger partial charge is 0.261 e. The number of likely N-dealkylation sites (tertiary alicyclic amines) is 1. The normalized spacial score (nSPS) is 18.6. The van der Waals surface area contributed by atoms with Gasteiger partial charge in [-0.25, -0.2) is 0 Å². The summed E-state index contributed by atoms with van der Waals surface area (Å²) < 4.78 is 0. The van der Waals surface area contributed by atoms with E-state index in [1.54, 1.807) is 6.07 Å². The van der Waals surface area contributed by atoms with Gasteiger partial charge in [-0.1, -0.05) is 20.8 Å². The number of nitrogens with zero attached hydrogens (tertiary/aromatic N) is 2. The Balaban J connectivity index is 2.09. The van der Waals surface area contributed by atoms with Crippen molar-refractivity contribution < 1.29 is 4.79 Å². The number of hydrogen-bond acceptors (Lipinski definition) is 3. The summed E-state index contributed by atoms with van der Waals surface area (Å²) in [6.45, 7) is 12.8. The molecule has 1 aromatic rings. The number of rotatable bonds is 6. The summed E-state index contributed by atoms with van der Waals surface area (Å²) in [6.07, 6.45) is 1.13. The van der Waals surface area contributed by atoms with Gasteiger partial charge in [0.05, 0.1) is 0 Å². The highest BCUT2D eigenvalue weighted by Gasteiger charge is 2.26. The lowest BCUT2D eigenvalue weighted by Gasteiger charge is -2.24. The summed E-state index contributed by atoms with van der Waals surface area (Å²) >= 11 is 0. The Kier molecular flexibility index (Phi) is 5.99. The first-order valence-corrected chi connectivity index (χ1v) is 8.71. The van der Waals surface area contributed by atoms with E-state index < -0.39 is 0 Å². The third kappa shape index (κ3) is 4.22. The number of carbonyl (C=O) groups is 1. The van der Waals surface area contributed by atoms with Crippen LogP contribution in [-0.4, -0.2) is 53.4 Å². The fourth-order valence-corrected chi connectivity index (χ4v) is 3.18. The maximum atomic E-state index is 12.7. The van der Waals surface area contributed by atoms with Gasteiger partial charge in [0.1, 0.15) is 5.56 Å². The van der Waals surface area contributed by atoms with Crippen LogP contribution in [-0.2, 0) is 0 Å². The van der Waals surface area contributed by atoms with Gasteiger partial charge in [0.25, 0.3) is 11.5 Å². The summed E-state index contributed by atoms with van der Waals surface area (Å²) in [5.74, 6) is 0.597. The van der Waals surface area contributed by atoms with Gasteiger partial charge in [0.2, 0.25) is 0 Å². The quantitative estimate of drug-likeness (QED) is 0.875. The summed E-state index contributed by atoms with van der Waals surface area (Å²) in [6, 6.07) is 3.52. The number of pyridine rings is 1. The molecular formula is C18H29N3O2. The van der Waals surface area contributed by atoms with E-state index in [0.717, 1.165) is 38.3 Å². The minimum atomic E-state index is -0.277. The molecule has 1 aliphatic heterocycles. The zero-order valence-corrected chi connectivity index (χ0v) is 14.8. The Morgan fingerprint density at radius 2 is 2.13 bits per heavy atom. The molecule has 0 bridgehead atoms. The number of amides is 1. The van der Waals surface area contributed by atoms with Crippen LogP contribution >= 0.6 is 0 Å². The van der Waals surface area contributed by atoms with E-state index in [4.69, 9.17) is 0 Å². The molecule has 1 fully saturated rings. The Morgan fingerprint density at radius 1 is 1.39 bits per heavy atom. The number of carbonyl (C=O) groups excluding carboxylic acids is 1. The monoisotopic (exact) mass is 319 g/mol. The largest absolute Gasteiger partial charge is 0.338 e. The Morgan fingerprint density at radius 3 is 2.65 bits per heavy atom. The highest BCUT2D eigenvalue weighted by atomic mass is 16.2. The van der Waals surface area contributed by atoms with E-state index in [0.29, 0.717) is 12.5 Å². The third-order valence-electron chi connectivity index (χ3n) is 4.75. The fourth-order valence-electron chi connectivity index (χ4n) is 3.18. The summed E-state index contributed by atoms with van der Waals surface area (Å²) in [5.41, 5.74) is 0.840. The highest BCUT2D eigenvalue weighted by molar-refractivity contribution is 5.93. The minimum Gasteiger partial charge on any atom is -0.338 e. The molecule has 1 aliphatic rings. The molecule has 2 heterocycles. The second kappa shape index (κ2) is 7.77. The van der Waals surface area contributed by atoms with Gasteiger partial charge in [-0.3, -0.25) is 9.59 Å². The van der Waals surface area contributed by atoms with E-state index in [1.165, 1.54) is 0 Å². The van der Waals surface area contributed by atoms with Gasteiger partial charge >= 0.3 is 0 Å². The second-order valence-electron chi connectivity index (χ2n) is 6.70. The molecule has 128 valence electrons. The van der Waals surface area contributed by atoms with Crippen LogP contribution in [0.15, 0.2) is 16.9 Å². The lowest BCUT2D eigenvalue weighted by molar-refractivity contribution is 0.0737. The Labute approximate surface area is 138 Å². The Bertz CT molecular complexity index is 594. The van der Waals surface area contributed by atoms with Crippen LogP contribution in [0.5, 0.6) is 0 Å². The second-order valence-corrected chi connectivity index (χ2v) is 6.70. The number of nitrogens with one attached hydrogen (secondary N) is 1. The maximum absolute atomic E-state index is 12.7. The van der Waals surface area contributed by atoms with Crippen LogP contribution in [0.25, 0.3) is 0 Å². The molecule has 0 aliphatic carbocycles. The van der Waals surface area contributed by atoms with Gasteiger partial charge in [0.15, 0.2) is 0 Å². The third-order valence-corrected chi connectivity index (χ3v) is 4.75. The van der Waals surface area contributed by atoms with Gasteiger partial charge in [-0.05, 0) is 50.4 Å².